The quantitative estimate of drug-likeness (QED) is 0.528. The Kier molecular flexibility index (Phi) is 4.93. The van der Waals surface area contributed by atoms with E-state index < -0.39 is 39.8 Å². The number of carbonyl (C=O) groups excluding carboxylic acids is 3. The number of Topliss-reactive ketones (excluding diaryl/α,β-unsaturated/α-hetero) is 1. The van der Waals surface area contributed by atoms with Crippen molar-refractivity contribution in [2.75, 3.05) is 29.8 Å². The number of hydrogen-bond acceptors (Lipinski definition) is 6. The van der Waals surface area contributed by atoms with E-state index >= 15 is 0 Å². The highest BCUT2D eigenvalue weighted by atomic mass is 32.2. The second-order valence-corrected chi connectivity index (χ2v) is 10.5. The Morgan fingerprint density at radius 2 is 1.97 bits per heavy atom. The highest BCUT2D eigenvalue weighted by Crippen LogP contribution is 2.41. The van der Waals surface area contributed by atoms with Crippen molar-refractivity contribution < 1.29 is 27.5 Å². The molecule has 3 heterocycles. The van der Waals surface area contributed by atoms with Crippen LogP contribution in [0.3, 0.4) is 0 Å². The van der Waals surface area contributed by atoms with Gasteiger partial charge in [0.1, 0.15) is 5.75 Å². The number of ketones is 1. The number of para-hydroxylation sites is 1. The van der Waals surface area contributed by atoms with Gasteiger partial charge in [-0.25, -0.2) is 13.2 Å². The standard InChI is InChI=1S/C23H23N3O6S/c1-2-33(30,31)26-11-9-15-13-16(7-8-18(15)26)19(27)14-25-21(28)23(24-22(25)29)10-12-32-20-6-4-3-5-17(20)23/h3-8,13H,2,9-12,14H2,1H3,(H,24,29)/t23-/m1/s1. The van der Waals surface area contributed by atoms with Gasteiger partial charge in [-0.3, -0.25) is 18.8 Å². The van der Waals surface area contributed by atoms with Crippen molar-refractivity contribution in [2.45, 2.75) is 25.3 Å². The minimum absolute atomic E-state index is 0.00474. The summed E-state index contributed by atoms with van der Waals surface area (Å²) in [4.78, 5) is 40.1. The van der Waals surface area contributed by atoms with Crippen LogP contribution in [0.2, 0.25) is 0 Å². The molecule has 0 unspecified atom stereocenters. The third-order valence-corrected chi connectivity index (χ3v) is 8.29. The molecule has 3 aliphatic heterocycles. The van der Waals surface area contributed by atoms with E-state index in [0.717, 1.165) is 10.5 Å². The lowest BCUT2D eigenvalue weighted by Crippen LogP contribution is -2.47. The molecule has 1 atom stereocenters. The van der Waals surface area contributed by atoms with E-state index in [0.29, 0.717) is 35.5 Å². The van der Waals surface area contributed by atoms with Crippen LogP contribution in [0, 0.1) is 0 Å². The largest absolute Gasteiger partial charge is 0.493 e. The molecular formula is C23H23N3O6S. The van der Waals surface area contributed by atoms with Crippen LogP contribution in [0.5, 0.6) is 5.75 Å². The highest BCUT2D eigenvalue weighted by molar-refractivity contribution is 7.92. The average Bonchev–Trinajstić information content (AvgIpc) is 3.35. The number of anilines is 1. The summed E-state index contributed by atoms with van der Waals surface area (Å²) in [5.74, 6) is -0.334. The van der Waals surface area contributed by atoms with Gasteiger partial charge in [-0.15, -0.1) is 0 Å². The molecule has 1 saturated heterocycles. The van der Waals surface area contributed by atoms with Crippen LogP contribution in [0.25, 0.3) is 0 Å². The Morgan fingerprint density at radius 3 is 2.76 bits per heavy atom. The summed E-state index contributed by atoms with van der Waals surface area (Å²) in [7, 11) is -3.39. The molecule has 0 aliphatic carbocycles. The molecule has 0 bridgehead atoms. The normalized spacial score (nSPS) is 21.6. The minimum Gasteiger partial charge on any atom is -0.493 e. The second kappa shape index (κ2) is 7.58. The number of urea groups is 1. The van der Waals surface area contributed by atoms with Crippen LogP contribution in [-0.4, -0.2) is 56.5 Å². The third-order valence-electron chi connectivity index (χ3n) is 6.51. The van der Waals surface area contributed by atoms with Crippen molar-refractivity contribution in [3.63, 3.8) is 0 Å². The number of amides is 3. The van der Waals surface area contributed by atoms with Crippen LogP contribution in [0.15, 0.2) is 42.5 Å². The first-order valence-corrected chi connectivity index (χ1v) is 12.4. The van der Waals surface area contributed by atoms with Crippen LogP contribution < -0.4 is 14.4 Å². The van der Waals surface area contributed by atoms with Crippen molar-refractivity contribution in [1.82, 2.24) is 10.2 Å². The monoisotopic (exact) mass is 469 g/mol. The molecule has 33 heavy (non-hydrogen) atoms. The van der Waals surface area contributed by atoms with Gasteiger partial charge >= 0.3 is 6.03 Å². The molecule has 9 nitrogen and oxygen atoms in total. The molecule has 10 heteroatoms. The molecular weight excluding hydrogens is 446 g/mol. The van der Waals surface area contributed by atoms with Crippen LogP contribution in [0.1, 0.15) is 34.8 Å². The molecule has 1 spiro atoms. The Labute approximate surface area is 191 Å². The zero-order chi connectivity index (χ0) is 23.4. The Bertz CT molecular complexity index is 1290. The molecule has 172 valence electrons. The number of nitrogens with zero attached hydrogens (tertiary/aromatic N) is 2. The average molecular weight is 470 g/mol. The van der Waals surface area contributed by atoms with Gasteiger partial charge in [0, 0.05) is 24.1 Å². The van der Waals surface area contributed by atoms with Gasteiger partial charge in [-0.05, 0) is 43.2 Å². The SMILES string of the molecule is CCS(=O)(=O)N1CCc2cc(C(=O)CN3C(=O)N[C@@]4(CCOc5ccccc54)C3=O)ccc21. The topological polar surface area (TPSA) is 113 Å². The van der Waals surface area contributed by atoms with Crippen molar-refractivity contribution in [2.24, 2.45) is 0 Å². The van der Waals surface area contributed by atoms with Crippen LogP contribution in [-0.2, 0) is 26.8 Å². The Hall–Kier alpha value is -3.40. The van der Waals surface area contributed by atoms with E-state index in [-0.39, 0.29) is 18.8 Å². The van der Waals surface area contributed by atoms with Gasteiger partial charge in [-0.2, -0.15) is 0 Å². The van der Waals surface area contributed by atoms with Gasteiger partial charge < -0.3 is 10.1 Å². The predicted octanol–water partition coefficient (Wildman–Crippen LogP) is 1.81. The summed E-state index contributed by atoms with van der Waals surface area (Å²) in [6, 6.07) is 11.3. The zero-order valence-corrected chi connectivity index (χ0v) is 18.9. The number of nitrogens with one attached hydrogen (secondary N) is 1. The summed E-state index contributed by atoms with van der Waals surface area (Å²) >= 11 is 0. The van der Waals surface area contributed by atoms with E-state index in [2.05, 4.69) is 5.32 Å². The number of rotatable bonds is 5. The van der Waals surface area contributed by atoms with Gasteiger partial charge in [0.15, 0.2) is 11.3 Å². The number of hydrogen-bond donors (Lipinski definition) is 1. The predicted molar refractivity (Wildman–Crippen MR) is 120 cm³/mol. The van der Waals surface area contributed by atoms with Crippen molar-refractivity contribution in [3.05, 3.63) is 59.2 Å². The van der Waals surface area contributed by atoms with Gasteiger partial charge in [-0.1, -0.05) is 18.2 Å². The highest BCUT2D eigenvalue weighted by Gasteiger charge is 2.55. The number of sulfonamides is 1. The number of imide groups is 1. The molecule has 2 aromatic carbocycles. The molecule has 3 amide bonds. The number of fused-ring (bicyclic) bond motifs is 3. The molecule has 3 aliphatic rings. The number of carbonyl (C=O) groups is 3. The summed E-state index contributed by atoms with van der Waals surface area (Å²) in [6.45, 7) is 1.80. The van der Waals surface area contributed by atoms with E-state index in [1.165, 1.54) is 4.31 Å². The lowest BCUT2D eigenvalue weighted by molar-refractivity contribution is -0.132. The fraction of sp³-hybridized carbons (Fsp3) is 0.348. The van der Waals surface area contributed by atoms with E-state index in [1.54, 1.807) is 49.4 Å². The number of benzene rings is 2. The van der Waals surface area contributed by atoms with Crippen molar-refractivity contribution in [1.29, 1.82) is 0 Å². The molecule has 1 fully saturated rings. The fourth-order valence-electron chi connectivity index (χ4n) is 4.74. The minimum atomic E-state index is -3.39. The maximum Gasteiger partial charge on any atom is 0.325 e. The maximum atomic E-state index is 13.4. The maximum absolute atomic E-state index is 13.4. The van der Waals surface area contributed by atoms with Crippen molar-refractivity contribution in [3.8, 4) is 5.75 Å². The molecule has 0 aromatic heterocycles. The first kappa shape index (κ1) is 21.4. The van der Waals surface area contributed by atoms with Gasteiger partial charge in [0.25, 0.3) is 5.91 Å². The summed E-state index contributed by atoms with van der Waals surface area (Å²) < 4.78 is 31.6. The number of ether oxygens (including phenoxy) is 1. The third kappa shape index (κ3) is 3.28. The summed E-state index contributed by atoms with van der Waals surface area (Å²) in [5.41, 5.74) is 1.00. The van der Waals surface area contributed by atoms with Gasteiger partial charge in [0.2, 0.25) is 10.0 Å². The summed E-state index contributed by atoms with van der Waals surface area (Å²) in [6.07, 6.45) is 0.776. The molecule has 0 radical (unpaired) electrons. The van der Waals surface area contributed by atoms with Crippen LogP contribution in [0.4, 0.5) is 10.5 Å². The zero-order valence-electron chi connectivity index (χ0n) is 18.0. The molecule has 0 saturated carbocycles. The lowest BCUT2D eigenvalue weighted by Gasteiger charge is -2.33. The summed E-state index contributed by atoms with van der Waals surface area (Å²) in [5, 5.41) is 2.78. The molecule has 5 rings (SSSR count). The van der Waals surface area contributed by atoms with Crippen LogP contribution >= 0.6 is 0 Å². The Balaban J connectivity index is 1.39. The van der Waals surface area contributed by atoms with E-state index in [4.69, 9.17) is 4.74 Å². The molecule has 2 aromatic rings. The van der Waals surface area contributed by atoms with Crippen molar-refractivity contribution >= 4 is 33.4 Å². The Morgan fingerprint density at radius 1 is 1.18 bits per heavy atom. The lowest BCUT2D eigenvalue weighted by atomic mass is 9.84. The smallest absolute Gasteiger partial charge is 0.325 e. The molecule has 1 N–H and O–H groups in total. The first-order valence-electron chi connectivity index (χ1n) is 10.8. The van der Waals surface area contributed by atoms with Gasteiger partial charge in [0.05, 0.1) is 24.6 Å². The first-order chi connectivity index (χ1) is 15.8. The van der Waals surface area contributed by atoms with E-state index in [1.807, 2.05) is 0 Å². The van der Waals surface area contributed by atoms with E-state index in [9.17, 15) is 22.8 Å². The second-order valence-electron chi connectivity index (χ2n) is 8.31. The fourth-order valence-corrected chi connectivity index (χ4v) is 5.90.